The monoisotopic (exact) mass is 268 g/mol. The molecule has 1 saturated carbocycles. The van der Waals surface area contributed by atoms with Crippen molar-refractivity contribution < 1.29 is 14.3 Å². The standard InChI is InChI=1S/C14H24N2O3/c1-8(2)15-12(17)11-9-6-16(7-10(9)11)13(18)19-14(3,4)5/h8-11H,6-7H2,1-5H3,(H,15,17). The lowest BCUT2D eigenvalue weighted by atomic mass is 10.2. The highest BCUT2D eigenvalue weighted by Gasteiger charge is 2.60. The summed E-state index contributed by atoms with van der Waals surface area (Å²) in [4.78, 5) is 25.5. The van der Waals surface area contributed by atoms with Crippen molar-refractivity contribution in [2.24, 2.45) is 17.8 Å². The van der Waals surface area contributed by atoms with Crippen LogP contribution in [0.1, 0.15) is 34.6 Å². The molecule has 19 heavy (non-hydrogen) atoms. The summed E-state index contributed by atoms with van der Waals surface area (Å²) in [7, 11) is 0. The van der Waals surface area contributed by atoms with Crippen molar-refractivity contribution >= 4 is 12.0 Å². The molecule has 108 valence electrons. The van der Waals surface area contributed by atoms with Crippen LogP contribution in [0.5, 0.6) is 0 Å². The number of likely N-dealkylation sites (tertiary alicyclic amines) is 1. The molecule has 5 heteroatoms. The van der Waals surface area contributed by atoms with Crippen LogP contribution in [0.25, 0.3) is 0 Å². The number of nitrogens with zero attached hydrogens (tertiary/aromatic N) is 1. The Kier molecular flexibility index (Phi) is 3.49. The molecule has 2 amide bonds. The van der Waals surface area contributed by atoms with E-state index >= 15 is 0 Å². The highest BCUT2D eigenvalue weighted by Crippen LogP contribution is 2.52. The van der Waals surface area contributed by atoms with E-state index in [9.17, 15) is 9.59 Å². The number of hydrogen-bond donors (Lipinski definition) is 1. The van der Waals surface area contributed by atoms with Gasteiger partial charge in [0, 0.05) is 25.0 Å². The van der Waals surface area contributed by atoms with Gasteiger partial charge in [-0.3, -0.25) is 4.79 Å². The van der Waals surface area contributed by atoms with E-state index in [0.717, 1.165) is 0 Å². The minimum Gasteiger partial charge on any atom is -0.444 e. The predicted molar refractivity (Wildman–Crippen MR) is 71.6 cm³/mol. The van der Waals surface area contributed by atoms with Gasteiger partial charge in [-0.2, -0.15) is 0 Å². The first kappa shape index (κ1) is 14.2. The number of ether oxygens (including phenoxy) is 1. The van der Waals surface area contributed by atoms with Gasteiger partial charge >= 0.3 is 6.09 Å². The van der Waals surface area contributed by atoms with E-state index in [1.54, 1.807) is 4.90 Å². The molecule has 2 aliphatic rings. The maximum Gasteiger partial charge on any atom is 0.410 e. The van der Waals surface area contributed by atoms with Gasteiger partial charge in [0.15, 0.2) is 0 Å². The number of piperidine rings is 1. The molecule has 1 N–H and O–H groups in total. The molecule has 1 aliphatic carbocycles. The van der Waals surface area contributed by atoms with Crippen molar-refractivity contribution in [2.45, 2.75) is 46.3 Å². The summed E-state index contributed by atoms with van der Waals surface area (Å²) >= 11 is 0. The lowest BCUT2D eigenvalue weighted by Crippen LogP contribution is -2.39. The molecule has 5 nitrogen and oxygen atoms in total. The molecule has 0 bridgehead atoms. The van der Waals surface area contributed by atoms with Crippen molar-refractivity contribution in [3.8, 4) is 0 Å². The topological polar surface area (TPSA) is 58.6 Å². The molecule has 0 aromatic carbocycles. The molecule has 0 radical (unpaired) electrons. The Hall–Kier alpha value is -1.26. The van der Waals surface area contributed by atoms with E-state index in [1.165, 1.54) is 0 Å². The van der Waals surface area contributed by atoms with E-state index in [1.807, 2.05) is 34.6 Å². The van der Waals surface area contributed by atoms with Gasteiger partial charge < -0.3 is 15.0 Å². The normalized spacial score (nSPS) is 29.2. The fraction of sp³-hybridized carbons (Fsp3) is 0.857. The van der Waals surface area contributed by atoms with Crippen LogP contribution in [0.4, 0.5) is 4.79 Å². The zero-order chi connectivity index (χ0) is 14.4. The van der Waals surface area contributed by atoms with Gasteiger partial charge in [0.25, 0.3) is 0 Å². The third-order valence-corrected chi connectivity index (χ3v) is 3.58. The summed E-state index contributed by atoms with van der Waals surface area (Å²) in [5.41, 5.74) is -0.460. The molecular weight excluding hydrogens is 244 g/mol. The third kappa shape index (κ3) is 3.19. The molecule has 1 heterocycles. The summed E-state index contributed by atoms with van der Waals surface area (Å²) < 4.78 is 5.34. The van der Waals surface area contributed by atoms with Crippen molar-refractivity contribution in [2.75, 3.05) is 13.1 Å². The Balaban J connectivity index is 1.80. The van der Waals surface area contributed by atoms with Crippen LogP contribution in [0.3, 0.4) is 0 Å². The van der Waals surface area contributed by atoms with E-state index in [2.05, 4.69) is 5.32 Å². The van der Waals surface area contributed by atoms with Gasteiger partial charge in [0.05, 0.1) is 0 Å². The third-order valence-electron chi connectivity index (χ3n) is 3.58. The number of carbonyl (C=O) groups is 2. The van der Waals surface area contributed by atoms with Crippen molar-refractivity contribution in [3.63, 3.8) is 0 Å². The predicted octanol–water partition coefficient (Wildman–Crippen LogP) is 1.62. The molecule has 0 aromatic rings. The number of nitrogens with one attached hydrogen (secondary N) is 1. The van der Waals surface area contributed by atoms with Crippen molar-refractivity contribution in [1.82, 2.24) is 10.2 Å². The quantitative estimate of drug-likeness (QED) is 0.828. The first-order valence-electron chi connectivity index (χ1n) is 6.97. The van der Waals surface area contributed by atoms with Crippen molar-refractivity contribution in [3.05, 3.63) is 0 Å². The highest BCUT2D eigenvalue weighted by atomic mass is 16.6. The fourth-order valence-corrected chi connectivity index (χ4v) is 2.77. The van der Waals surface area contributed by atoms with E-state index in [0.29, 0.717) is 24.9 Å². The zero-order valence-electron chi connectivity index (χ0n) is 12.4. The number of fused-ring (bicyclic) bond motifs is 1. The average Bonchev–Trinajstić information content (AvgIpc) is 2.70. The second kappa shape index (κ2) is 4.69. The summed E-state index contributed by atoms with van der Waals surface area (Å²) in [6, 6.07) is 0.177. The molecular formula is C14H24N2O3. The smallest absolute Gasteiger partial charge is 0.410 e. The number of amides is 2. The Morgan fingerprint density at radius 2 is 1.74 bits per heavy atom. The maximum atomic E-state index is 11.9. The molecule has 0 aromatic heterocycles. The molecule has 0 spiro atoms. The van der Waals surface area contributed by atoms with Crippen LogP contribution in [0.2, 0.25) is 0 Å². The first-order chi connectivity index (χ1) is 8.69. The summed E-state index contributed by atoms with van der Waals surface area (Å²) in [5, 5.41) is 2.94. The fourth-order valence-electron chi connectivity index (χ4n) is 2.77. The van der Waals surface area contributed by atoms with E-state index in [-0.39, 0.29) is 24.0 Å². The second-order valence-corrected chi connectivity index (χ2v) is 6.90. The Bertz CT molecular complexity index is 375. The lowest BCUT2D eigenvalue weighted by Gasteiger charge is -2.25. The van der Waals surface area contributed by atoms with Crippen molar-refractivity contribution in [1.29, 1.82) is 0 Å². The van der Waals surface area contributed by atoms with Crippen LogP contribution >= 0.6 is 0 Å². The van der Waals surface area contributed by atoms with Crippen LogP contribution in [-0.2, 0) is 9.53 Å². The van der Waals surface area contributed by atoms with Gasteiger partial charge in [-0.05, 0) is 46.5 Å². The Labute approximate surface area is 114 Å². The average molecular weight is 268 g/mol. The van der Waals surface area contributed by atoms with Gasteiger partial charge in [-0.25, -0.2) is 4.79 Å². The largest absolute Gasteiger partial charge is 0.444 e. The summed E-state index contributed by atoms with van der Waals surface area (Å²) in [5.74, 6) is 0.882. The number of rotatable bonds is 2. The highest BCUT2D eigenvalue weighted by molar-refractivity contribution is 5.83. The minimum atomic E-state index is -0.460. The molecule has 2 unspecified atom stereocenters. The maximum absolute atomic E-state index is 11.9. The summed E-state index contributed by atoms with van der Waals surface area (Å²) in [6.07, 6.45) is -0.261. The molecule has 2 fully saturated rings. The number of hydrogen-bond acceptors (Lipinski definition) is 3. The van der Waals surface area contributed by atoms with Crippen LogP contribution in [0.15, 0.2) is 0 Å². The van der Waals surface area contributed by atoms with Gasteiger partial charge in [-0.1, -0.05) is 0 Å². The second-order valence-electron chi connectivity index (χ2n) is 6.90. The molecule has 2 atom stereocenters. The van der Waals surface area contributed by atoms with Gasteiger partial charge in [0.2, 0.25) is 5.91 Å². The Morgan fingerprint density at radius 1 is 1.21 bits per heavy atom. The minimum absolute atomic E-state index is 0.0982. The lowest BCUT2D eigenvalue weighted by molar-refractivity contribution is -0.123. The molecule has 1 saturated heterocycles. The van der Waals surface area contributed by atoms with E-state index in [4.69, 9.17) is 4.74 Å². The van der Waals surface area contributed by atoms with Crippen LogP contribution in [0, 0.1) is 17.8 Å². The van der Waals surface area contributed by atoms with Gasteiger partial charge in [-0.15, -0.1) is 0 Å². The number of carbonyl (C=O) groups excluding carboxylic acids is 2. The molecule has 1 aliphatic heterocycles. The van der Waals surface area contributed by atoms with Crippen LogP contribution in [-0.4, -0.2) is 41.6 Å². The van der Waals surface area contributed by atoms with Crippen LogP contribution < -0.4 is 5.32 Å². The SMILES string of the molecule is CC(C)NC(=O)C1C2CN(C(=O)OC(C)(C)C)CC21. The van der Waals surface area contributed by atoms with E-state index < -0.39 is 5.60 Å². The Morgan fingerprint density at radius 3 is 2.16 bits per heavy atom. The summed E-state index contributed by atoms with van der Waals surface area (Å²) in [6.45, 7) is 10.8. The molecule has 2 rings (SSSR count). The first-order valence-corrected chi connectivity index (χ1v) is 6.97. The zero-order valence-corrected chi connectivity index (χ0v) is 12.4. The van der Waals surface area contributed by atoms with Gasteiger partial charge in [0.1, 0.15) is 5.60 Å².